The fourth-order valence-corrected chi connectivity index (χ4v) is 3.91. The molecule has 3 aliphatic rings. The van der Waals surface area contributed by atoms with Crippen LogP contribution in [0.25, 0.3) is 10.9 Å². The summed E-state index contributed by atoms with van der Waals surface area (Å²) in [5.41, 5.74) is 1.76. The molecule has 0 saturated carbocycles. The number of carbonyl (C=O) groups excluding carboxylic acids is 1. The first-order valence-corrected chi connectivity index (χ1v) is 8.15. The standard InChI is InChI=1S/C18H21N3O/c22-18(10-15-12-21-8-5-13(15)6-9-21)20-16-4-3-14-2-1-7-19-17(14)11-16/h1-4,7,11,13,15H,5-6,8-10,12H2,(H,20,22). The summed E-state index contributed by atoms with van der Waals surface area (Å²) < 4.78 is 0. The van der Waals surface area contributed by atoms with E-state index in [4.69, 9.17) is 0 Å². The van der Waals surface area contributed by atoms with Crippen molar-refractivity contribution in [2.45, 2.75) is 19.3 Å². The third kappa shape index (κ3) is 2.71. The van der Waals surface area contributed by atoms with Gasteiger partial charge in [-0.15, -0.1) is 0 Å². The minimum Gasteiger partial charge on any atom is -0.326 e. The lowest BCUT2D eigenvalue weighted by molar-refractivity contribution is -0.118. The van der Waals surface area contributed by atoms with Crippen LogP contribution in [-0.4, -0.2) is 35.4 Å². The number of nitrogens with one attached hydrogen (secondary N) is 1. The van der Waals surface area contributed by atoms with Gasteiger partial charge in [0.15, 0.2) is 0 Å². The van der Waals surface area contributed by atoms with Crippen molar-refractivity contribution in [3.63, 3.8) is 0 Å². The second kappa shape index (κ2) is 5.69. The molecule has 114 valence electrons. The highest BCUT2D eigenvalue weighted by molar-refractivity contribution is 5.93. The number of anilines is 1. The van der Waals surface area contributed by atoms with Gasteiger partial charge in [0.25, 0.3) is 0 Å². The van der Waals surface area contributed by atoms with Crippen molar-refractivity contribution < 1.29 is 4.79 Å². The van der Waals surface area contributed by atoms with Crippen molar-refractivity contribution in [2.75, 3.05) is 25.0 Å². The second-order valence-electron chi connectivity index (χ2n) is 6.56. The predicted molar refractivity (Wildman–Crippen MR) is 87.6 cm³/mol. The lowest BCUT2D eigenvalue weighted by Crippen LogP contribution is -2.48. The van der Waals surface area contributed by atoms with Crippen LogP contribution in [0.15, 0.2) is 36.5 Å². The molecule has 2 aromatic rings. The minimum absolute atomic E-state index is 0.133. The zero-order chi connectivity index (χ0) is 14.9. The van der Waals surface area contributed by atoms with E-state index in [1.165, 1.54) is 25.9 Å². The molecular formula is C18H21N3O. The number of hydrogen-bond acceptors (Lipinski definition) is 3. The van der Waals surface area contributed by atoms with Gasteiger partial charge in [-0.25, -0.2) is 0 Å². The summed E-state index contributed by atoms with van der Waals surface area (Å²) in [5, 5.41) is 4.14. The van der Waals surface area contributed by atoms with Crippen LogP contribution in [-0.2, 0) is 4.79 Å². The Labute approximate surface area is 130 Å². The van der Waals surface area contributed by atoms with Gasteiger partial charge in [0.05, 0.1) is 5.52 Å². The number of fused-ring (bicyclic) bond motifs is 4. The molecule has 4 heterocycles. The lowest BCUT2D eigenvalue weighted by Gasteiger charge is -2.44. The Morgan fingerprint density at radius 2 is 2.14 bits per heavy atom. The highest BCUT2D eigenvalue weighted by atomic mass is 16.1. The monoisotopic (exact) mass is 295 g/mol. The number of piperidine rings is 3. The van der Waals surface area contributed by atoms with Gasteiger partial charge >= 0.3 is 0 Å². The molecule has 1 unspecified atom stereocenters. The van der Waals surface area contributed by atoms with Crippen LogP contribution in [0.4, 0.5) is 5.69 Å². The van der Waals surface area contributed by atoms with E-state index in [0.717, 1.165) is 29.1 Å². The van der Waals surface area contributed by atoms with Crippen LogP contribution in [0.5, 0.6) is 0 Å². The highest BCUT2D eigenvalue weighted by Gasteiger charge is 2.34. The van der Waals surface area contributed by atoms with E-state index < -0.39 is 0 Å². The number of rotatable bonds is 3. The summed E-state index contributed by atoms with van der Waals surface area (Å²) in [4.78, 5) is 19.2. The van der Waals surface area contributed by atoms with Crippen molar-refractivity contribution in [3.8, 4) is 0 Å². The first kappa shape index (κ1) is 13.7. The van der Waals surface area contributed by atoms with Gasteiger partial charge in [-0.2, -0.15) is 0 Å². The summed E-state index contributed by atoms with van der Waals surface area (Å²) >= 11 is 0. The van der Waals surface area contributed by atoms with E-state index in [9.17, 15) is 4.79 Å². The van der Waals surface area contributed by atoms with Crippen LogP contribution < -0.4 is 5.32 Å². The Kier molecular flexibility index (Phi) is 3.54. The number of benzene rings is 1. The van der Waals surface area contributed by atoms with Crippen LogP contribution in [0.2, 0.25) is 0 Å². The normalized spacial score (nSPS) is 27.0. The quantitative estimate of drug-likeness (QED) is 0.947. The maximum absolute atomic E-state index is 12.3. The zero-order valence-corrected chi connectivity index (χ0v) is 12.7. The zero-order valence-electron chi connectivity index (χ0n) is 12.7. The van der Waals surface area contributed by atoms with Crippen molar-refractivity contribution >= 4 is 22.5 Å². The average Bonchev–Trinajstić information content (AvgIpc) is 2.56. The molecule has 1 amide bonds. The van der Waals surface area contributed by atoms with E-state index >= 15 is 0 Å². The summed E-state index contributed by atoms with van der Waals surface area (Å²) in [6.45, 7) is 3.54. The number of carbonyl (C=O) groups is 1. The molecular weight excluding hydrogens is 274 g/mol. The topological polar surface area (TPSA) is 45.2 Å². The van der Waals surface area contributed by atoms with Crippen molar-refractivity contribution in [3.05, 3.63) is 36.5 Å². The average molecular weight is 295 g/mol. The molecule has 1 aromatic heterocycles. The molecule has 1 N–H and O–H groups in total. The Morgan fingerprint density at radius 1 is 1.27 bits per heavy atom. The number of pyridine rings is 1. The molecule has 2 bridgehead atoms. The summed E-state index contributed by atoms with van der Waals surface area (Å²) in [6.07, 6.45) is 4.94. The Balaban J connectivity index is 1.42. The molecule has 4 nitrogen and oxygen atoms in total. The Bertz CT molecular complexity index is 692. The third-order valence-corrected chi connectivity index (χ3v) is 5.13. The van der Waals surface area contributed by atoms with E-state index in [2.05, 4.69) is 15.2 Å². The van der Waals surface area contributed by atoms with E-state index in [1.54, 1.807) is 6.20 Å². The van der Waals surface area contributed by atoms with Crippen molar-refractivity contribution in [1.82, 2.24) is 9.88 Å². The Hall–Kier alpha value is -1.94. The fourth-order valence-electron chi connectivity index (χ4n) is 3.91. The van der Waals surface area contributed by atoms with Crippen LogP contribution >= 0.6 is 0 Å². The number of nitrogens with zero attached hydrogens (tertiary/aromatic N) is 2. The van der Waals surface area contributed by atoms with Gasteiger partial charge in [-0.05, 0) is 56.0 Å². The number of aromatic nitrogens is 1. The molecule has 0 aliphatic carbocycles. The lowest BCUT2D eigenvalue weighted by atomic mass is 9.77. The molecule has 0 radical (unpaired) electrons. The second-order valence-corrected chi connectivity index (χ2v) is 6.56. The molecule has 1 atom stereocenters. The first-order valence-electron chi connectivity index (χ1n) is 8.15. The summed E-state index contributed by atoms with van der Waals surface area (Å²) in [6, 6.07) is 9.86. The first-order chi connectivity index (χ1) is 10.8. The molecule has 4 heteroatoms. The summed E-state index contributed by atoms with van der Waals surface area (Å²) in [7, 11) is 0. The van der Waals surface area contributed by atoms with Crippen LogP contribution in [0.3, 0.4) is 0 Å². The largest absolute Gasteiger partial charge is 0.326 e. The number of amides is 1. The molecule has 5 rings (SSSR count). The summed E-state index contributed by atoms with van der Waals surface area (Å²) in [5.74, 6) is 1.41. The molecule has 3 saturated heterocycles. The van der Waals surface area contributed by atoms with Gasteiger partial charge in [0, 0.05) is 30.2 Å². The van der Waals surface area contributed by atoms with Crippen molar-refractivity contribution in [1.29, 1.82) is 0 Å². The van der Waals surface area contributed by atoms with Gasteiger partial charge in [0.1, 0.15) is 0 Å². The van der Waals surface area contributed by atoms with Crippen LogP contribution in [0, 0.1) is 11.8 Å². The van der Waals surface area contributed by atoms with Gasteiger partial charge < -0.3 is 10.2 Å². The smallest absolute Gasteiger partial charge is 0.224 e. The van der Waals surface area contributed by atoms with Crippen LogP contribution in [0.1, 0.15) is 19.3 Å². The van der Waals surface area contributed by atoms with E-state index in [1.807, 2.05) is 30.3 Å². The maximum Gasteiger partial charge on any atom is 0.224 e. The van der Waals surface area contributed by atoms with Gasteiger partial charge in [0.2, 0.25) is 5.91 Å². The van der Waals surface area contributed by atoms with Crippen molar-refractivity contribution in [2.24, 2.45) is 11.8 Å². The maximum atomic E-state index is 12.3. The predicted octanol–water partition coefficient (Wildman–Crippen LogP) is 2.91. The minimum atomic E-state index is 0.133. The Morgan fingerprint density at radius 3 is 2.91 bits per heavy atom. The van der Waals surface area contributed by atoms with E-state index in [-0.39, 0.29) is 5.91 Å². The highest BCUT2D eigenvalue weighted by Crippen LogP contribution is 2.34. The SMILES string of the molecule is O=C(CC1CN2CCC1CC2)Nc1ccc2cccnc2c1. The fraction of sp³-hybridized carbons (Fsp3) is 0.444. The molecule has 0 spiro atoms. The molecule has 1 aromatic carbocycles. The van der Waals surface area contributed by atoms with E-state index in [0.29, 0.717) is 12.3 Å². The van der Waals surface area contributed by atoms with Gasteiger partial charge in [-0.1, -0.05) is 12.1 Å². The number of hydrogen-bond donors (Lipinski definition) is 1. The molecule has 3 fully saturated rings. The molecule has 22 heavy (non-hydrogen) atoms. The third-order valence-electron chi connectivity index (χ3n) is 5.13. The van der Waals surface area contributed by atoms with Gasteiger partial charge in [-0.3, -0.25) is 9.78 Å². The molecule has 3 aliphatic heterocycles.